The lowest BCUT2D eigenvalue weighted by molar-refractivity contribution is 0.0681. The summed E-state index contributed by atoms with van der Waals surface area (Å²) in [7, 11) is 0. The third-order valence-electron chi connectivity index (χ3n) is 11.3. The highest BCUT2D eigenvalue weighted by atomic mass is 16.4. The number of carboxylic acids is 2. The molecule has 3 saturated carbocycles. The Morgan fingerprint density at radius 3 is 1.74 bits per heavy atom. The number of hydrogen-bond acceptors (Lipinski definition) is 2. The summed E-state index contributed by atoms with van der Waals surface area (Å²) in [5.41, 5.74) is 7.05. The number of rotatable bonds is 13. The summed E-state index contributed by atoms with van der Waals surface area (Å²) in [6, 6.07) is 8.82. The highest BCUT2D eigenvalue weighted by Gasteiger charge is 2.44. The summed E-state index contributed by atoms with van der Waals surface area (Å²) < 4.78 is 0. The number of aromatic carboxylic acids is 2. The van der Waals surface area contributed by atoms with E-state index >= 15 is 0 Å². The van der Waals surface area contributed by atoms with Gasteiger partial charge in [-0.1, -0.05) is 79.7 Å². The van der Waals surface area contributed by atoms with Crippen LogP contribution in [0.1, 0.15) is 185 Å². The highest BCUT2D eigenvalue weighted by Crippen LogP contribution is 2.56. The van der Waals surface area contributed by atoms with Crippen LogP contribution in [-0.2, 0) is 16.2 Å². The first kappa shape index (κ1) is 30.8. The van der Waals surface area contributed by atoms with Gasteiger partial charge in [-0.2, -0.15) is 0 Å². The topological polar surface area (TPSA) is 74.6 Å². The molecule has 0 amide bonds. The molecule has 0 aromatic heterocycles. The van der Waals surface area contributed by atoms with Crippen molar-refractivity contribution >= 4 is 11.9 Å². The smallest absolute Gasteiger partial charge is 0.336 e. The van der Waals surface area contributed by atoms with Crippen molar-refractivity contribution in [2.24, 2.45) is 5.92 Å². The van der Waals surface area contributed by atoms with Gasteiger partial charge in [0.15, 0.2) is 0 Å². The van der Waals surface area contributed by atoms with Gasteiger partial charge in [-0.25, -0.2) is 9.59 Å². The van der Waals surface area contributed by atoms with E-state index in [1.165, 1.54) is 24.0 Å². The van der Waals surface area contributed by atoms with Gasteiger partial charge in [-0.05, 0) is 131 Å². The predicted molar refractivity (Wildman–Crippen MR) is 170 cm³/mol. The summed E-state index contributed by atoms with van der Waals surface area (Å²) in [5.74, 6) is 0.153. The fraction of sp³-hybridized carbons (Fsp3) is 0.632. The minimum atomic E-state index is -0.838. The van der Waals surface area contributed by atoms with Gasteiger partial charge in [0, 0.05) is 0 Å². The molecule has 3 aliphatic carbocycles. The normalized spacial score (nSPS) is 21.0. The highest BCUT2D eigenvalue weighted by molar-refractivity contribution is 5.93. The number of benzene rings is 2. The van der Waals surface area contributed by atoms with E-state index in [0.29, 0.717) is 34.8 Å². The van der Waals surface area contributed by atoms with Crippen LogP contribution in [0, 0.1) is 5.92 Å². The Morgan fingerprint density at radius 2 is 1.24 bits per heavy atom. The monoisotopic (exact) mass is 572 g/mol. The Hall–Kier alpha value is -2.62. The third kappa shape index (κ3) is 5.92. The second-order valence-electron chi connectivity index (χ2n) is 15.7. The van der Waals surface area contributed by atoms with Gasteiger partial charge in [0.05, 0.1) is 11.1 Å². The van der Waals surface area contributed by atoms with Gasteiger partial charge in [0.25, 0.3) is 0 Å². The van der Waals surface area contributed by atoms with Gasteiger partial charge in [0.2, 0.25) is 0 Å². The van der Waals surface area contributed by atoms with Crippen LogP contribution in [-0.4, -0.2) is 22.2 Å². The zero-order chi connectivity index (χ0) is 30.8. The number of hydrogen-bond donors (Lipinski definition) is 2. The van der Waals surface area contributed by atoms with Gasteiger partial charge in [-0.15, -0.1) is 0 Å². The van der Waals surface area contributed by atoms with Crippen LogP contribution < -0.4 is 0 Å². The first-order valence-corrected chi connectivity index (χ1v) is 16.4. The van der Waals surface area contributed by atoms with Crippen LogP contribution in [0.25, 0.3) is 0 Å². The SMILES string of the molecule is CCC(C)(C)c1cc(C(C)(C)CC)c(C(=O)O)c(C(C)(C)CCC2CC2c2cc(C3CC3)cc(C3CC3)c2C(=O)O)c1. The van der Waals surface area contributed by atoms with Crippen molar-refractivity contribution in [2.45, 2.75) is 147 Å². The van der Waals surface area contributed by atoms with E-state index in [-0.39, 0.29) is 16.2 Å². The molecule has 3 fully saturated rings. The Kier molecular flexibility index (Phi) is 7.95. The summed E-state index contributed by atoms with van der Waals surface area (Å²) in [6.45, 7) is 17.6. The van der Waals surface area contributed by atoms with Crippen molar-refractivity contribution in [3.63, 3.8) is 0 Å². The molecule has 3 aliphatic rings. The predicted octanol–water partition coefficient (Wildman–Crippen LogP) is 10.1. The van der Waals surface area contributed by atoms with Crippen molar-refractivity contribution in [1.29, 1.82) is 0 Å². The number of carboxylic acid groups (broad SMARTS) is 2. The standard InChI is InChI=1S/C38H52O4/c1-9-36(3,4)26-20-30(37(5,6)10-2)33(35(41)42)31(21-26)38(7,8)16-15-24-17-27(24)29-19-25(22-11-12-22)18-28(23-13-14-23)32(29)34(39)40/h18-24,27H,9-17H2,1-8H3,(H,39,40)(H,41,42). The Labute approximate surface area is 253 Å². The molecule has 2 unspecified atom stereocenters. The van der Waals surface area contributed by atoms with Crippen molar-refractivity contribution in [2.75, 3.05) is 0 Å². The van der Waals surface area contributed by atoms with Gasteiger partial charge < -0.3 is 10.2 Å². The van der Waals surface area contributed by atoms with Crippen LogP contribution in [0.3, 0.4) is 0 Å². The molecule has 0 radical (unpaired) electrons. The van der Waals surface area contributed by atoms with Crippen LogP contribution in [0.15, 0.2) is 24.3 Å². The second kappa shape index (κ2) is 10.8. The average molecular weight is 573 g/mol. The Balaban J connectivity index is 1.46. The molecule has 0 spiro atoms. The van der Waals surface area contributed by atoms with Crippen molar-refractivity contribution in [1.82, 2.24) is 0 Å². The molecular weight excluding hydrogens is 520 g/mol. The second-order valence-corrected chi connectivity index (χ2v) is 15.7. The van der Waals surface area contributed by atoms with E-state index in [1.54, 1.807) is 0 Å². The molecule has 2 atom stereocenters. The van der Waals surface area contributed by atoms with E-state index < -0.39 is 11.9 Å². The van der Waals surface area contributed by atoms with E-state index in [9.17, 15) is 19.8 Å². The third-order valence-corrected chi connectivity index (χ3v) is 11.3. The molecule has 228 valence electrons. The summed E-state index contributed by atoms with van der Waals surface area (Å²) >= 11 is 0. The van der Waals surface area contributed by atoms with E-state index in [4.69, 9.17) is 0 Å². The van der Waals surface area contributed by atoms with Crippen LogP contribution in [0.4, 0.5) is 0 Å². The zero-order valence-electron chi connectivity index (χ0n) is 27.2. The largest absolute Gasteiger partial charge is 0.478 e. The molecule has 5 rings (SSSR count). The molecule has 2 N–H and O–H groups in total. The lowest BCUT2D eigenvalue weighted by Crippen LogP contribution is -2.29. The van der Waals surface area contributed by atoms with Crippen LogP contribution in [0.5, 0.6) is 0 Å². The fourth-order valence-corrected chi connectivity index (χ4v) is 6.97. The average Bonchev–Trinajstić information content (AvgIpc) is 3.80. The maximum absolute atomic E-state index is 12.9. The van der Waals surface area contributed by atoms with E-state index in [1.807, 2.05) is 0 Å². The molecule has 42 heavy (non-hydrogen) atoms. The minimum absolute atomic E-state index is 0.0545. The Bertz CT molecular complexity index is 1390. The Morgan fingerprint density at radius 1 is 0.714 bits per heavy atom. The van der Waals surface area contributed by atoms with Gasteiger partial charge in [-0.3, -0.25) is 0 Å². The molecule has 0 bridgehead atoms. The van der Waals surface area contributed by atoms with Gasteiger partial charge in [0.1, 0.15) is 0 Å². The molecule has 0 heterocycles. The summed E-state index contributed by atoms with van der Waals surface area (Å²) in [5, 5.41) is 20.9. The number of carbonyl (C=O) groups is 2. The molecule has 0 aliphatic heterocycles. The first-order chi connectivity index (χ1) is 19.6. The quantitative estimate of drug-likeness (QED) is 0.250. The maximum Gasteiger partial charge on any atom is 0.336 e. The maximum atomic E-state index is 12.9. The molecule has 4 heteroatoms. The molecule has 2 aromatic rings. The van der Waals surface area contributed by atoms with Crippen LogP contribution >= 0.6 is 0 Å². The lowest BCUT2D eigenvalue weighted by Gasteiger charge is -2.35. The summed E-state index contributed by atoms with van der Waals surface area (Å²) in [4.78, 5) is 25.4. The van der Waals surface area contributed by atoms with E-state index in [0.717, 1.165) is 67.2 Å². The van der Waals surface area contributed by atoms with Crippen molar-refractivity contribution < 1.29 is 19.8 Å². The molecule has 0 saturated heterocycles. The molecular formula is C38H52O4. The summed E-state index contributed by atoms with van der Waals surface area (Å²) in [6.07, 6.45) is 9.35. The molecule has 4 nitrogen and oxygen atoms in total. The minimum Gasteiger partial charge on any atom is -0.478 e. The van der Waals surface area contributed by atoms with Crippen molar-refractivity contribution in [3.05, 3.63) is 68.8 Å². The van der Waals surface area contributed by atoms with Gasteiger partial charge >= 0.3 is 11.9 Å². The van der Waals surface area contributed by atoms with E-state index in [2.05, 4.69) is 79.7 Å². The van der Waals surface area contributed by atoms with Crippen molar-refractivity contribution in [3.8, 4) is 0 Å². The fourth-order valence-electron chi connectivity index (χ4n) is 6.97. The zero-order valence-corrected chi connectivity index (χ0v) is 27.2. The lowest BCUT2D eigenvalue weighted by atomic mass is 9.68. The first-order valence-electron chi connectivity index (χ1n) is 16.4. The molecule has 2 aromatic carbocycles. The van der Waals surface area contributed by atoms with Crippen LogP contribution in [0.2, 0.25) is 0 Å².